The summed E-state index contributed by atoms with van der Waals surface area (Å²) in [5.74, 6) is -1.34. The Bertz CT molecular complexity index is 1360. The van der Waals surface area contributed by atoms with Crippen molar-refractivity contribution in [2.75, 3.05) is 12.9 Å². The number of carbonyl (C=O) groups excluding carboxylic acids is 1. The van der Waals surface area contributed by atoms with E-state index >= 15 is 0 Å². The molecule has 0 spiro atoms. The van der Waals surface area contributed by atoms with Gasteiger partial charge in [-0.1, -0.05) is 12.1 Å². The highest BCUT2D eigenvalue weighted by molar-refractivity contribution is 7.90. The molecule has 0 radical (unpaired) electrons. The number of aliphatic hydroxyl groups excluding tert-OH is 1. The Morgan fingerprint density at radius 1 is 1.14 bits per heavy atom. The lowest BCUT2D eigenvalue weighted by Crippen LogP contribution is -2.29. The third kappa shape index (κ3) is 5.41. The molecule has 3 aromatic rings. The molecular weight excluding hydrogens is 495 g/mol. The molecule has 2 aromatic carbocycles. The normalized spacial score (nSPS) is 19.9. The van der Waals surface area contributed by atoms with Crippen molar-refractivity contribution in [2.45, 2.75) is 49.2 Å². The van der Waals surface area contributed by atoms with Crippen LogP contribution in [-0.2, 0) is 16.3 Å². The van der Waals surface area contributed by atoms with E-state index in [0.717, 1.165) is 6.26 Å². The predicted octanol–water partition coefficient (Wildman–Crippen LogP) is 4.03. The number of nitrogens with two attached hydrogens (primary N) is 1. The third-order valence-electron chi connectivity index (χ3n) is 7.01. The molecule has 1 atom stereocenters. The maximum Gasteiger partial charge on any atom is 0.391 e. The zero-order valence-electron chi connectivity index (χ0n) is 19.7. The van der Waals surface area contributed by atoms with Crippen LogP contribution >= 0.6 is 0 Å². The molecule has 1 saturated carbocycles. The van der Waals surface area contributed by atoms with Crippen molar-refractivity contribution in [3.05, 3.63) is 59.4 Å². The zero-order chi connectivity index (χ0) is 26.3. The summed E-state index contributed by atoms with van der Waals surface area (Å²) < 4.78 is 64.9. The van der Waals surface area contributed by atoms with Crippen LogP contribution in [0.4, 0.5) is 13.2 Å². The number of rotatable bonds is 7. The number of hydrogen-bond donors (Lipinski definition) is 2. The van der Waals surface area contributed by atoms with Crippen molar-refractivity contribution >= 4 is 26.8 Å². The number of nitrogens with zero attached hydrogens (tertiary/aromatic N) is 2. The summed E-state index contributed by atoms with van der Waals surface area (Å²) in [5, 5.41) is 10.4. The lowest BCUT2D eigenvalue weighted by Gasteiger charge is -2.30. The summed E-state index contributed by atoms with van der Waals surface area (Å²) in [6.07, 6.45) is -1.73. The summed E-state index contributed by atoms with van der Waals surface area (Å²) in [6, 6.07) is 10.4. The van der Waals surface area contributed by atoms with E-state index in [0.29, 0.717) is 41.7 Å². The second-order valence-electron chi connectivity index (χ2n) is 9.47. The maximum atomic E-state index is 13.1. The lowest BCUT2D eigenvalue weighted by molar-refractivity contribution is -0.183. The molecule has 1 aromatic heterocycles. The van der Waals surface area contributed by atoms with Gasteiger partial charge >= 0.3 is 6.18 Å². The van der Waals surface area contributed by atoms with Crippen LogP contribution in [-0.4, -0.2) is 48.0 Å². The van der Waals surface area contributed by atoms with Gasteiger partial charge in [-0.25, -0.2) is 13.4 Å². The molecule has 3 N–H and O–H groups in total. The fourth-order valence-electron chi connectivity index (χ4n) is 5.02. The minimum absolute atomic E-state index is 0.0123. The fraction of sp³-hybridized carbons (Fsp3) is 0.440. The second kappa shape index (κ2) is 9.85. The number of aliphatic hydroxyl groups is 1. The van der Waals surface area contributed by atoms with Gasteiger partial charge in [-0.3, -0.25) is 4.79 Å². The molecule has 1 heterocycles. The number of carbonyl (C=O) groups is 1. The number of fused-ring (bicyclic) bond motifs is 1. The van der Waals surface area contributed by atoms with Gasteiger partial charge in [0.15, 0.2) is 9.84 Å². The van der Waals surface area contributed by atoms with Gasteiger partial charge in [0, 0.05) is 18.2 Å². The molecule has 36 heavy (non-hydrogen) atoms. The second-order valence-corrected chi connectivity index (χ2v) is 11.5. The third-order valence-corrected chi connectivity index (χ3v) is 8.13. The zero-order valence-corrected chi connectivity index (χ0v) is 20.5. The first-order chi connectivity index (χ1) is 16.9. The summed E-state index contributed by atoms with van der Waals surface area (Å²) >= 11 is 0. The van der Waals surface area contributed by atoms with Crippen LogP contribution in [0.5, 0.6) is 0 Å². The van der Waals surface area contributed by atoms with Crippen molar-refractivity contribution in [1.29, 1.82) is 0 Å². The van der Waals surface area contributed by atoms with Crippen LogP contribution in [0, 0.1) is 11.8 Å². The van der Waals surface area contributed by atoms with Gasteiger partial charge in [-0.15, -0.1) is 0 Å². The summed E-state index contributed by atoms with van der Waals surface area (Å²) in [7, 11) is -3.40. The van der Waals surface area contributed by atoms with E-state index in [-0.39, 0.29) is 35.8 Å². The average molecular weight is 524 g/mol. The number of amides is 1. The SMILES string of the molecule is CS(=O)(=O)c1ccc([C@H](CO)n2c(CC3CCC(C(F)(F)F)CC3)nc3cc(C(N)=O)ccc32)cc1. The number of benzene rings is 2. The standard InChI is InChI=1S/C25H28F3N3O4S/c1-36(34,35)19-9-4-16(5-10-19)22(14-32)31-21-11-6-17(24(29)33)13-20(21)30-23(31)12-15-2-7-18(8-3-15)25(26,27)28/h4-6,9-11,13,15,18,22,32H,2-3,7-8,12,14H2,1H3,(H2,29,33)/t15?,18?,22-/m0/s1. The fourth-order valence-corrected chi connectivity index (χ4v) is 5.65. The van der Waals surface area contributed by atoms with E-state index in [1.54, 1.807) is 30.3 Å². The Morgan fingerprint density at radius 3 is 2.31 bits per heavy atom. The Morgan fingerprint density at radius 2 is 1.78 bits per heavy atom. The highest BCUT2D eigenvalue weighted by Crippen LogP contribution is 2.41. The Balaban J connectivity index is 1.73. The summed E-state index contributed by atoms with van der Waals surface area (Å²) in [6.45, 7) is -0.324. The van der Waals surface area contributed by atoms with Crippen LogP contribution < -0.4 is 5.73 Å². The van der Waals surface area contributed by atoms with E-state index in [4.69, 9.17) is 10.7 Å². The molecule has 4 rings (SSSR count). The van der Waals surface area contributed by atoms with Crippen molar-refractivity contribution in [2.24, 2.45) is 17.6 Å². The molecular formula is C25H28F3N3O4S. The number of aromatic nitrogens is 2. The van der Waals surface area contributed by atoms with Crippen LogP contribution in [0.25, 0.3) is 11.0 Å². The van der Waals surface area contributed by atoms with Crippen molar-refractivity contribution < 1.29 is 31.5 Å². The minimum atomic E-state index is -4.19. The first kappa shape index (κ1) is 26.2. The van der Waals surface area contributed by atoms with Gasteiger partial charge in [0.2, 0.25) is 5.91 Å². The lowest BCUT2D eigenvalue weighted by atomic mass is 9.80. The summed E-state index contributed by atoms with van der Waals surface area (Å²) in [4.78, 5) is 16.5. The van der Waals surface area contributed by atoms with Crippen LogP contribution in [0.1, 0.15) is 53.5 Å². The van der Waals surface area contributed by atoms with E-state index in [9.17, 15) is 31.5 Å². The monoisotopic (exact) mass is 523 g/mol. The number of primary amides is 1. The van der Waals surface area contributed by atoms with Crippen molar-refractivity contribution in [1.82, 2.24) is 9.55 Å². The number of alkyl halides is 3. The first-order valence-electron chi connectivity index (χ1n) is 11.7. The van der Waals surface area contributed by atoms with E-state index in [1.165, 1.54) is 12.1 Å². The molecule has 194 valence electrons. The number of imidazole rings is 1. The molecule has 1 aliphatic carbocycles. The number of sulfone groups is 1. The minimum Gasteiger partial charge on any atom is -0.394 e. The molecule has 0 aliphatic heterocycles. The van der Waals surface area contributed by atoms with Crippen LogP contribution in [0.15, 0.2) is 47.4 Å². The van der Waals surface area contributed by atoms with Gasteiger partial charge in [0.25, 0.3) is 0 Å². The number of hydrogen-bond acceptors (Lipinski definition) is 5. The van der Waals surface area contributed by atoms with E-state index in [1.807, 2.05) is 4.57 Å². The first-order valence-corrected chi connectivity index (χ1v) is 13.6. The molecule has 11 heteroatoms. The quantitative estimate of drug-likeness (QED) is 0.485. The highest BCUT2D eigenvalue weighted by atomic mass is 32.2. The highest BCUT2D eigenvalue weighted by Gasteiger charge is 2.41. The molecule has 0 saturated heterocycles. The Labute approximate surface area is 207 Å². The Kier molecular flexibility index (Phi) is 7.16. The van der Waals surface area contributed by atoms with Crippen molar-refractivity contribution in [3.63, 3.8) is 0 Å². The summed E-state index contributed by atoms with van der Waals surface area (Å²) in [5.41, 5.74) is 7.44. The molecule has 7 nitrogen and oxygen atoms in total. The van der Waals surface area contributed by atoms with E-state index < -0.39 is 33.9 Å². The smallest absolute Gasteiger partial charge is 0.391 e. The number of halogens is 3. The topological polar surface area (TPSA) is 115 Å². The molecule has 0 unspecified atom stereocenters. The Hall–Kier alpha value is -2.92. The molecule has 1 amide bonds. The van der Waals surface area contributed by atoms with Gasteiger partial charge in [-0.2, -0.15) is 13.2 Å². The van der Waals surface area contributed by atoms with Gasteiger partial charge in [0.05, 0.1) is 34.5 Å². The van der Waals surface area contributed by atoms with Crippen molar-refractivity contribution in [3.8, 4) is 0 Å². The predicted molar refractivity (Wildman–Crippen MR) is 128 cm³/mol. The van der Waals surface area contributed by atoms with Gasteiger partial charge in [0.1, 0.15) is 5.82 Å². The molecule has 1 fully saturated rings. The average Bonchev–Trinajstić information content (AvgIpc) is 3.16. The van der Waals surface area contributed by atoms with Gasteiger partial charge < -0.3 is 15.4 Å². The molecule has 1 aliphatic rings. The maximum absolute atomic E-state index is 13.1. The van der Waals surface area contributed by atoms with Crippen LogP contribution in [0.2, 0.25) is 0 Å². The van der Waals surface area contributed by atoms with Gasteiger partial charge in [-0.05, 0) is 67.5 Å². The van der Waals surface area contributed by atoms with Crippen LogP contribution in [0.3, 0.4) is 0 Å². The largest absolute Gasteiger partial charge is 0.394 e. The molecule has 0 bridgehead atoms. The van der Waals surface area contributed by atoms with E-state index in [2.05, 4.69) is 0 Å².